The van der Waals surface area contributed by atoms with Gasteiger partial charge in [0.15, 0.2) is 9.84 Å². The highest BCUT2D eigenvalue weighted by Gasteiger charge is 2.22. The summed E-state index contributed by atoms with van der Waals surface area (Å²) < 4.78 is 25.5. The summed E-state index contributed by atoms with van der Waals surface area (Å²) in [6, 6.07) is 12.7. The summed E-state index contributed by atoms with van der Waals surface area (Å²) in [7, 11) is -1.93. The number of aryl methyl sites for hydroxylation is 1. The Morgan fingerprint density at radius 3 is 2.46 bits per heavy atom. The minimum atomic E-state index is -3.54. The molecule has 0 saturated carbocycles. The number of benzene rings is 2. The lowest BCUT2D eigenvalue weighted by Gasteiger charge is -2.20. The Morgan fingerprint density at radius 1 is 1.12 bits per heavy atom. The monoisotopic (exact) mass is 409 g/mol. The van der Waals surface area contributed by atoms with Crippen molar-refractivity contribution in [2.75, 3.05) is 17.7 Å². The maximum absolute atomic E-state index is 12.4. The third kappa shape index (κ3) is 4.68. The van der Waals surface area contributed by atoms with Crippen molar-refractivity contribution in [1.29, 1.82) is 0 Å². The van der Waals surface area contributed by atoms with Crippen molar-refractivity contribution >= 4 is 37.4 Å². The first-order valence-corrected chi connectivity index (χ1v) is 10.1. The molecule has 0 saturated heterocycles. The van der Waals surface area contributed by atoms with Crippen LogP contribution in [0.2, 0.25) is 0 Å². The van der Waals surface area contributed by atoms with Crippen molar-refractivity contribution in [2.45, 2.75) is 19.6 Å². The van der Waals surface area contributed by atoms with Crippen molar-refractivity contribution in [3.63, 3.8) is 0 Å². The van der Waals surface area contributed by atoms with Crippen LogP contribution in [0.4, 0.5) is 5.69 Å². The largest absolute Gasteiger partial charge is 0.314 e. The van der Waals surface area contributed by atoms with Crippen molar-refractivity contribution < 1.29 is 13.2 Å². The summed E-state index contributed by atoms with van der Waals surface area (Å²) in [6.45, 7) is 3.88. The topological polar surface area (TPSA) is 54.5 Å². The molecular weight excluding hydrogens is 390 g/mol. The molecule has 6 heteroatoms. The van der Waals surface area contributed by atoms with Gasteiger partial charge in [-0.2, -0.15) is 0 Å². The van der Waals surface area contributed by atoms with E-state index in [0.29, 0.717) is 5.56 Å². The number of amides is 1. The Kier molecular flexibility index (Phi) is 5.83. The number of hydrogen-bond donors (Lipinski definition) is 0. The van der Waals surface area contributed by atoms with E-state index in [2.05, 4.69) is 15.9 Å². The molecule has 0 radical (unpaired) electrons. The molecule has 0 spiro atoms. The number of sulfone groups is 1. The second-order valence-corrected chi connectivity index (χ2v) is 8.81. The molecule has 0 aliphatic carbocycles. The zero-order chi connectivity index (χ0) is 17.9. The molecule has 128 valence electrons. The fraction of sp³-hybridized carbons (Fsp3) is 0.278. The second-order valence-electron chi connectivity index (χ2n) is 5.83. The number of nitrogens with zero attached hydrogens (tertiary/aromatic N) is 1. The van der Waals surface area contributed by atoms with Gasteiger partial charge in [-0.15, -0.1) is 0 Å². The van der Waals surface area contributed by atoms with Crippen LogP contribution < -0.4 is 4.90 Å². The Balaban J connectivity index is 2.14. The number of rotatable bonds is 5. The van der Waals surface area contributed by atoms with Crippen LogP contribution in [-0.2, 0) is 20.4 Å². The number of anilines is 1. The van der Waals surface area contributed by atoms with Crippen LogP contribution in [0.15, 0.2) is 46.9 Å². The van der Waals surface area contributed by atoms with E-state index in [1.807, 2.05) is 38.1 Å². The third-order valence-corrected chi connectivity index (χ3v) is 5.88. The summed E-state index contributed by atoms with van der Waals surface area (Å²) in [6.07, 6.45) is 0. The lowest BCUT2D eigenvalue weighted by atomic mass is 10.1. The molecule has 0 N–H and O–H groups in total. The molecular formula is C18H20BrNO3S. The molecule has 0 heterocycles. The van der Waals surface area contributed by atoms with Gasteiger partial charge in [0.25, 0.3) is 0 Å². The van der Waals surface area contributed by atoms with E-state index < -0.39 is 21.5 Å². The van der Waals surface area contributed by atoms with Gasteiger partial charge in [-0.25, -0.2) is 8.42 Å². The Morgan fingerprint density at radius 2 is 1.79 bits per heavy atom. The summed E-state index contributed by atoms with van der Waals surface area (Å²) in [5, 5.41) is 0. The summed E-state index contributed by atoms with van der Waals surface area (Å²) in [5.74, 6) is -1.10. The lowest BCUT2D eigenvalue weighted by Crippen LogP contribution is -2.33. The van der Waals surface area contributed by atoms with Gasteiger partial charge in [-0.3, -0.25) is 4.79 Å². The molecule has 0 aliphatic heterocycles. The molecule has 24 heavy (non-hydrogen) atoms. The maximum atomic E-state index is 12.4. The molecule has 0 fully saturated rings. The molecule has 2 aromatic carbocycles. The van der Waals surface area contributed by atoms with Crippen molar-refractivity contribution in [2.24, 2.45) is 0 Å². The predicted molar refractivity (Wildman–Crippen MR) is 101 cm³/mol. The number of hydrogen-bond acceptors (Lipinski definition) is 3. The van der Waals surface area contributed by atoms with Crippen molar-refractivity contribution in [3.05, 3.63) is 63.6 Å². The van der Waals surface area contributed by atoms with E-state index in [0.717, 1.165) is 21.3 Å². The van der Waals surface area contributed by atoms with Gasteiger partial charge in [-0.1, -0.05) is 40.2 Å². The summed E-state index contributed by atoms with van der Waals surface area (Å²) in [4.78, 5) is 13.8. The van der Waals surface area contributed by atoms with Crippen molar-refractivity contribution in [3.8, 4) is 0 Å². The van der Waals surface area contributed by atoms with Crippen LogP contribution >= 0.6 is 15.9 Å². The lowest BCUT2D eigenvalue weighted by molar-refractivity contribution is -0.115. The quantitative estimate of drug-likeness (QED) is 0.756. The van der Waals surface area contributed by atoms with Gasteiger partial charge in [-0.05, 0) is 48.7 Å². The second kappa shape index (κ2) is 7.49. The van der Waals surface area contributed by atoms with Gasteiger partial charge in [0, 0.05) is 17.2 Å². The molecule has 2 aromatic rings. The molecule has 0 bridgehead atoms. The molecule has 1 amide bonds. The van der Waals surface area contributed by atoms with Gasteiger partial charge in [0.1, 0.15) is 5.75 Å². The standard InChI is InChI=1S/C18H20BrNO3S/c1-13-6-4-9-17(14(13)2)20(3)18(21)12-24(22,23)11-15-7-5-8-16(19)10-15/h4-10H,11-12H2,1-3H3. The van der Waals surface area contributed by atoms with Crippen LogP contribution in [0.25, 0.3) is 0 Å². The van der Waals surface area contributed by atoms with Gasteiger partial charge in [0.05, 0.1) is 5.75 Å². The SMILES string of the molecule is Cc1cccc(N(C)C(=O)CS(=O)(=O)Cc2cccc(Br)c2)c1C. The van der Waals surface area contributed by atoms with Crippen molar-refractivity contribution in [1.82, 2.24) is 0 Å². The minimum Gasteiger partial charge on any atom is -0.314 e. The van der Waals surface area contributed by atoms with E-state index in [4.69, 9.17) is 0 Å². The van der Waals surface area contributed by atoms with Crippen LogP contribution in [0, 0.1) is 13.8 Å². The smallest absolute Gasteiger partial charge is 0.241 e. The Labute approximate surface area is 151 Å². The van der Waals surface area contributed by atoms with Gasteiger partial charge in [0.2, 0.25) is 5.91 Å². The number of halogens is 1. The average molecular weight is 410 g/mol. The first kappa shape index (κ1) is 18.7. The van der Waals surface area contributed by atoms with Gasteiger partial charge < -0.3 is 4.90 Å². The first-order chi connectivity index (χ1) is 11.2. The highest BCUT2D eigenvalue weighted by molar-refractivity contribution is 9.10. The van der Waals surface area contributed by atoms with Crippen LogP contribution in [-0.4, -0.2) is 27.1 Å². The number of carbonyl (C=O) groups is 1. The summed E-state index contributed by atoms with van der Waals surface area (Å²) >= 11 is 3.32. The maximum Gasteiger partial charge on any atom is 0.241 e. The summed E-state index contributed by atoms with van der Waals surface area (Å²) in [5.41, 5.74) is 3.42. The number of carbonyl (C=O) groups excluding carboxylic acids is 1. The van der Waals surface area contributed by atoms with E-state index >= 15 is 0 Å². The Bertz CT molecular complexity index is 862. The van der Waals surface area contributed by atoms with E-state index in [1.54, 1.807) is 25.2 Å². The highest BCUT2D eigenvalue weighted by atomic mass is 79.9. The zero-order valence-electron chi connectivity index (χ0n) is 13.9. The fourth-order valence-electron chi connectivity index (χ4n) is 2.45. The molecule has 2 rings (SSSR count). The highest BCUT2D eigenvalue weighted by Crippen LogP contribution is 2.22. The minimum absolute atomic E-state index is 0.154. The first-order valence-electron chi connectivity index (χ1n) is 7.47. The predicted octanol–water partition coefficient (Wildman–Crippen LogP) is 3.64. The third-order valence-electron chi connectivity index (χ3n) is 3.93. The Hall–Kier alpha value is -1.66. The molecule has 4 nitrogen and oxygen atoms in total. The van der Waals surface area contributed by atoms with Crippen LogP contribution in [0.3, 0.4) is 0 Å². The van der Waals surface area contributed by atoms with Crippen LogP contribution in [0.5, 0.6) is 0 Å². The molecule has 0 aliphatic rings. The molecule has 0 unspecified atom stereocenters. The zero-order valence-corrected chi connectivity index (χ0v) is 16.3. The van der Waals surface area contributed by atoms with Crippen LogP contribution in [0.1, 0.15) is 16.7 Å². The van der Waals surface area contributed by atoms with E-state index in [-0.39, 0.29) is 5.75 Å². The molecule has 0 aromatic heterocycles. The van der Waals surface area contributed by atoms with E-state index in [9.17, 15) is 13.2 Å². The average Bonchev–Trinajstić information content (AvgIpc) is 2.48. The van der Waals surface area contributed by atoms with Gasteiger partial charge >= 0.3 is 0 Å². The fourth-order valence-corrected chi connectivity index (χ4v) is 4.26. The van der Waals surface area contributed by atoms with E-state index in [1.165, 1.54) is 4.90 Å². The molecule has 0 atom stereocenters. The normalized spacial score (nSPS) is 11.3.